The van der Waals surface area contributed by atoms with Crippen LogP contribution in [-0.4, -0.2) is 54.9 Å². The highest BCUT2D eigenvalue weighted by atomic mass is 19.4. The molecule has 4 aromatic carbocycles. The summed E-state index contributed by atoms with van der Waals surface area (Å²) in [6.45, 7) is -2.99. The van der Waals surface area contributed by atoms with Crippen molar-refractivity contribution in [3.8, 4) is 22.4 Å². The number of alkyl halides is 10. The van der Waals surface area contributed by atoms with Gasteiger partial charge in [0.2, 0.25) is 0 Å². The van der Waals surface area contributed by atoms with Crippen LogP contribution in [0.5, 0.6) is 0 Å². The summed E-state index contributed by atoms with van der Waals surface area (Å²) in [5.74, 6) is -10.9. The van der Waals surface area contributed by atoms with Gasteiger partial charge in [0.15, 0.2) is 0 Å². The van der Waals surface area contributed by atoms with Crippen LogP contribution in [0, 0.1) is 12.8 Å². The molecule has 0 N–H and O–H groups in total. The van der Waals surface area contributed by atoms with Gasteiger partial charge >= 0.3 is 31.5 Å². The third-order valence-electron chi connectivity index (χ3n) is 11.1. The van der Waals surface area contributed by atoms with Crippen LogP contribution in [0.1, 0.15) is 72.9 Å². The van der Waals surface area contributed by atoms with Crippen LogP contribution >= 0.6 is 0 Å². The maximum atomic E-state index is 14.7. The summed E-state index contributed by atoms with van der Waals surface area (Å²) in [5.41, 5.74) is 5.83. The number of nitrogens with zero attached hydrogens (tertiary/aromatic N) is 2. The first-order chi connectivity index (χ1) is 28.9. The fraction of sp³-hybridized carbons (Fsp3) is 0.326. The Morgan fingerprint density at radius 1 is 0.623 bits per heavy atom. The summed E-state index contributed by atoms with van der Waals surface area (Å²) in [4.78, 5) is 5.21. The number of rotatable bonds is 14. The van der Waals surface area contributed by atoms with E-state index in [1.54, 1.807) is 72.8 Å². The zero-order valence-electron chi connectivity index (χ0n) is 33.0. The zero-order valence-corrected chi connectivity index (χ0v) is 33.0. The predicted molar refractivity (Wildman–Crippen MR) is 216 cm³/mol. The molecule has 1 fully saturated rings. The number of halogens is 10. The van der Waals surface area contributed by atoms with Gasteiger partial charge in [-0.15, -0.1) is 0 Å². The number of aliphatic imine (C=N–C) groups is 1. The first-order valence-electron chi connectivity index (χ1n) is 19.9. The SMILES string of the molecule is Cc1ccc(C2=N/C(=C(/CCC3CCCCC3)c3c(-c4ccccc4)cc(-c4ccccc4)n3B(OCC(F)(F)C(F)(F)F)OCC(F)(F)C(F)(F)F)c3ccccc32)cc1. The van der Waals surface area contributed by atoms with Gasteiger partial charge in [0, 0.05) is 39.2 Å². The maximum absolute atomic E-state index is 14.7. The molecule has 0 unspecified atom stereocenters. The second-order valence-corrected chi connectivity index (χ2v) is 15.5. The number of allylic oxidation sites excluding steroid dienone is 1. The van der Waals surface area contributed by atoms with E-state index in [0.29, 0.717) is 45.7 Å². The van der Waals surface area contributed by atoms with Crippen molar-refractivity contribution in [1.29, 1.82) is 0 Å². The van der Waals surface area contributed by atoms with Crippen molar-refractivity contribution in [3.63, 3.8) is 0 Å². The normalized spacial score (nSPS) is 16.1. The Morgan fingerprint density at radius 3 is 1.70 bits per heavy atom. The van der Waals surface area contributed by atoms with Crippen molar-refractivity contribution in [2.45, 2.75) is 76.1 Å². The molecule has 2 aliphatic rings. The molecule has 2 heterocycles. The van der Waals surface area contributed by atoms with E-state index in [0.717, 1.165) is 53.3 Å². The summed E-state index contributed by atoms with van der Waals surface area (Å²) in [6.07, 6.45) is -6.65. The third-order valence-corrected chi connectivity index (χ3v) is 11.1. The molecule has 0 atom stereocenters. The molecule has 0 radical (unpaired) electrons. The van der Waals surface area contributed by atoms with Crippen molar-refractivity contribution < 1.29 is 53.2 Å². The van der Waals surface area contributed by atoms with Crippen molar-refractivity contribution in [2.24, 2.45) is 10.9 Å². The molecule has 0 spiro atoms. The van der Waals surface area contributed by atoms with Gasteiger partial charge in [0.1, 0.15) is 13.2 Å². The van der Waals surface area contributed by atoms with Gasteiger partial charge < -0.3 is 13.8 Å². The summed E-state index contributed by atoms with van der Waals surface area (Å²) in [6, 6.07) is 33.2. The molecule has 320 valence electrons. The monoisotopic (exact) mass is 854 g/mol. The van der Waals surface area contributed by atoms with Gasteiger partial charge in [-0.1, -0.05) is 147 Å². The molecule has 1 aliphatic carbocycles. The van der Waals surface area contributed by atoms with E-state index in [2.05, 4.69) is 0 Å². The predicted octanol–water partition coefficient (Wildman–Crippen LogP) is 13.5. The van der Waals surface area contributed by atoms with Crippen LogP contribution in [0.15, 0.2) is 120 Å². The lowest BCUT2D eigenvalue weighted by atomic mass is 9.83. The fourth-order valence-electron chi connectivity index (χ4n) is 7.90. The minimum Gasteiger partial charge on any atom is -0.385 e. The highest BCUT2D eigenvalue weighted by Crippen LogP contribution is 2.47. The van der Waals surface area contributed by atoms with Crippen molar-refractivity contribution in [3.05, 3.63) is 143 Å². The minimum atomic E-state index is -6.16. The lowest BCUT2D eigenvalue weighted by Gasteiger charge is -2.28. The van der Waals surface area contributed by atoms with Crippen molar-refractivity contribution in [2.75, 3.05) is 13.2 Å². The van der Waals surface area contributed by atoms with Crippen LogP contribution in [0.25, 0.3) is 33.7 Å². The number of hydrogen-bond acceptors (Lipinski definition) is 3. The molecule has 61 heavy (non-hydrogen) atoms. The van der Waals surface area contributed by atoms with E-state index in [1.807, 2.05) is 49.4 Å². The molecule has 15 heteroatoms. The Labute approximate surface area is 347 Å². The van der Waals surface area contributed by atoms with Crippen LogP contribution < -0.4 is 0 Å². The number of hydrogen-bond donors (Lipinski definition) is 0. The van der Waals surface area contributed by atoms with E-state index in [1.165, 1.54) is 0 Å². The van der Waals surface area contributed by atoms with Crippen molar-refractivity contribution >= 4 is 24.2 Å². The Morgan fingerprint density at radius 2 is 1.15 bits per heavy atom. The smallest absolute Gasteiger partial charge is 0.385 e. The zero-order chi connectivity index (χ0) is 43.6. The van der Waals surface area contributed by atoms with Crippen LogP contribution in [0.4, 0.5) is 43.9 Å². The summed E-state index contributed by atoms with van der Waals surface area (Å²) < 4.78 is 152. The number of benzene rings is 4. The molecule has 0 bridgehead atoms. The number of fused-ring (bicyclic) bond motifs is 1. The summed E-state index contributed by atoms with van der Waals surface area (Å²) in [7, 11) is -2.67. The van der Waals surface area contributed by atoms with Crippen molar-refractivity contribution in [1.82, 2.24) is 4.48 Å². The molecule has 7 rings (SSSR count). The van der Waals surface area contributed by atoms with Gasteiger partial charge in [-0.25, -0.2) is 4.99 Å². The van der Waals surface area contributed by atoms with E-state index in [4.69, 9.17) is 14.3 Å². The van der Waals surface area contributed by atoms with Crippen LogP contribution in [0.3, 0.4) is 0 Å². The molecule has 4 nitrogen and oxygen atoms in total. The summed E-state index contributed by atoms with van der Waals surface area (Å²) in [5, 5.41) is 0. The van der Waals surface area contributed by atoms with E-state index in [-0.39, 0.29) is 23.7 Å². The molecular formula is C46H41BF10N2O2. The second kappa shape index (κ2) is 17.7. The van der Waals surface area contributed by atoms with Gasteiger partial charge in [-0.3, -0.25) is 0 Å². The molecule has 5 aromatic rings. The van der Waals surface area contributed by atoms with E-state index in [9.17, 15) is 43.9 Å². The molecule has 1 aromatic heterocycles. The van der Waals surface area contributed by atoms with Gasteiger partial charge in [0.25, 0.3) is 0 Å². The topological polar surface area (TPSA) is 35.8 Å². The van der Waals surface area contributed by atoms with E-state index >= 15 is 0 Å². The highest BCUT2D eigenvalue weighted by Gasteiger charge is 2.60. The minimum absolute atomic E-state index is 0.0230. The Kier molecular flexibility index (Phi) is 12.7. The molecule has 0 saturated heterocycles. The quantitative estimate of drug-likeness (QED) is 0.0824. The highest BCUT2D eigenvalue weighted by molar-refractivity contribution is 6.44. The summed E-state index contributed by atoms with van der Waals surface area (Å²) >= 11 is 0. The largest absolute Gasteiger partial charge is 0.598 e. The third kappa shape index (κ3) is 9.52. The Hall–Kier alpha value is -5.15. The second-order valence-electron chi connectivity index (χ2n) is 15.5. The van der Waals surface area contributed by atoms with Gasteiger partial charge in [-0.05, 0) is 42.9 Å². The average molecular weight is 855 g/mol. The maximum Gasteiger partial charge on any atom is 0.598 e. The number of aromatic nitrogens is 1. The van der Waals surface area contributed by atoms with Gasteiger partial charge in [-0.2, -0.15) is 43.9 Å². The first-order valence-corrected chi connectivity index (χ1v) is 19.9. The molecular weight excluding hydrogens is 813 g/mol. The van der Waals surface area contributed by atoms with Gasteiger partial charge in [0.05, 0.1) is 11.4 Å². The lowest BCUT2D eigenvalue weighted by molar-refractivity contribution is -0.295. The standard InChI is InChI=1S/C46H41BF10N2O2/c1-30-21-24-34(25-22-30)40-35-19-11-12-20-36(35)41(58-40)37(26-23-31-13-5-2-6-14-31)42-38(32-15-7-3-8-16-32)27-39(33-17-9-4-10-18-33)59(42)47(60-28-43(48,49)45(52,53)54)61-29-44(50,51)46(55,56)57/h3-4,7-12,15-22,24-25,27,31H,2,5-6,13-14,23,26,28-29H2,1H3/b41-37-. The molecule has 0 amide bonds. The van der Waals surface area contributed by atoms with Crippen LogP contribution in [0.2, 0.25) is 0 Å². The van der Waals surface area contributed by atoms with Crippen LogP contribution in [-0.2, 0) is 9.31 Å². The number of aryl methyl sites for hydroxylation is 1. The first kappa shape index (κ1) is 43.9. The molecule has 1 aliphatic heterocycles. The Balaban J connectivity index is 1.56. The average Bonchev–Trinajstić information content (AvgIpc) is 3.82. The lowest BCUT2D eigenvalue weighted by Crippen LogP contribution is -2.48. The molecule has 1 saturated carbocycles. The Bertz CT molecular complexity index is 2320. The fourth-order valence-corrected chi connectivity index (χ4v) is 7.90. The van der Waals surface area contributed by atoms with E-state index < -0.39 is 44.7 Å².